The maximum atomic E-state index is 12.3. The predicted molar refractivity (Wildman–Crippen MR) is 92.1 cm³/mol. The summed E-state index contributed by atoms with van der Waals surface area (Å²) < 4.78 is 25.0. The molecule has 0 unspecified atom stereocenters. The van der Waals surface area contributed by atoms with Crippen LogP contribution in [0.25, 0.3) is 5.65 Å². The fourth-order valence-corrected chi connectivity index (χ4v) is 5.03. The molecule has 9 heteroatoms. The Morgan fingerprint density at radius 2 is 2.12 bits per heavy atom. The molecule has 0 radical (unpaired) electrons. The van der Waals surface area contributed by atoms with Crippen molar-refractivity contribution in [3.63, 3.8) is 0 Å². The van der Waals surface area contributed by atoms with Crippen LogP contribution in [0.3, 0.4) is 0 Å². The van der Waals surface area contributed by atoms with Crippen LogP contribution in [-0.2, 0) is 16.4 Å². The first kappa shape index (κ1) is 18.0. The Labute approximate surface area is 145 Å². The summed E-state index contributed by atoms with van der Waals surface area (Å²) in [5.41, 5.74) is 1.67. The van der Waals surface area contributed by atoms with Gasteiger partial charge in [-0.05, 0) is 18.6 Å². The number of nitrogens with zero attached hydrogens (tertiary/aromatic N) is 3. The number of aryl methyl sites for hydroxylation is 1. The molecule has 0 aromatic carbocycles. The largest absolute Gasteiger partial charge is 0.395 e. The van der Waals surface area contributed by atoms with Gasteiger partial charge in [0.25, 0.3) is 5.56 Å². The van der Waals surface area contributed by atoms with E-state index >= 15 is 0 Å². The molecule has 1 aliphatic heterocycles. The van der Waals surface area contributed by atoms with Crippen LogP contribution in [0, 0.1) is 6.92 Å². The highest BCUT2D eigenvalue weighted by atomic mass is 32.2. The maximum absolute atomic E-state index is 12.3. The molecular formula is C16H21N3O5S. The second-order valence-electron chi connectivity index (χ2n) is 6.43. The molecule has 1 saturated heterocycles. The monoisotopic (exact) mass is 367 g/mol. The van der Waals surface area contributed by atoms with Crippen LogP contribution in [0.5, 0.6) is 0 Å². The summed E-state index contributed by atoms with van der Waals surface area (Å²) >= 11 is 0. The van der Waals surface area contributed by atoms with Crippen molar-refractivity contribution in [3.05, 3.63) is 46.0 Å². The number of pyridine rings is 1. The summed E-state index contributed by atoms with van der Waals surface area (Å²) in [5.74, 6) is -0.452. The van der Waals surface area contributed by atoms with Gasteiger partial charge < -0.3 is 10.2 Å². The third-order valence-electron chi connectivity index (χ3n) is 4.38. The predicted octanol–water partition coefficient (Wildman–Crippen LogP) is -1.04. The summed E-state index contributed by atoms with van der Waals surface area (Å²) in [6.45, 7) is 2.06. The van der Waals surface area contributed by atoms with E-state index in [-0.39, 0.29) is 36.8 Å². The van der Waals surface area contributed by atoms with Gasteiger partial charge >= 0.3 is 0 Å². The molecule has 1 aliphatic rings. The van der Waals surface area contributed by atoms with Crippen LogP contribution in [0.4, 0.5) is 0 Å². The summed E-state index contributed by atoms with van der Waals surface area (Å²) in [6, 6.07) is 4.37. The van der Waals surface area contributed by atoms with Crippen molar-refractivity contribution in [1.29, 1.82) is 0 Å². The van der Waals surface area contributed by atoms with Gasteiger partial charge in [0.1, 0.15) is 5.65 Å². The summed E-state index contributed by atoms with van der Waals surface area (Å²) in [6.07, 6.45) is 0.688. The number of aliphatic hydroxyl groups excluding tert-OH is 2. The first-order valence-electron chi connectivity index (χ1n) is 8.01. The van der Waals surface area contributed by atoms with Gasteiger partial charge in [-0.15, -0.1) is 0 Å². The lowest BCUT2D eigenvalue weighted by atomic mass is 10.1. The molecule has 25 heavy (non-hydrogen) atoms. The number of rotatable bonds is 5. The third-order valence-corrected chi connectivity index (χ3v) is 6.07. The smallest absolute Gasteiger partial charge is 0.258 e. The lowest BCUT2D eigenvalue weighted by molar-refractivity contribution is 0.0647. The molecule has 3 heterocycles. The van der Waals surface area contributed by atoms with Crippen molar-refractivity contribution < 1.29 is 18.6 Å². The van der Waals surface area contributed by atoms with Gasteiger partial charge in [0.2, 0.25) is 0 Å². The van der Waals surface area contributed by atoms with Crippen molar-refractivity contribution in [2.75, 3.05) is 24.7 Å². The zero-order valence-corrected chi connectivity index (χ0v) is 14.7. The average Bonchev–Trinajstić information content (AvgIpc) is 2.80. The number of sulfone groups is 1. The van der Waals surface area contributed by atoms with Crippen LogP contribution < -0.4 is 5.56 Å². The minimum atomic E-state index is -3.31. The van der Waals surface area contributed by atoms with Crippen LogP contribution in [0.2, 0.25) is 0 Å². The molecule has 0 saturated carbocycles. The zero-order chi connectivity index (χ0) is 18.2. The van der Waals surface area contributed by atoms with E-state index in [2.05, 4.69) is 4.98 Å². The summed E-state index contributed by atoms with van der Waals surface area (Å²) in [4.78, 5) is 18.4. The molecule has 2 aromatic rings. The van der Waals surface area contributed by atoms with E-state index in [0.29, 0.717) is 11.3 Å². The molecule has 136 valence electrons. The van der Waals surface area contributed by atoms with Gasteiger partial charge in [-0.3, -0.25) is 14.1 Å². The van der Waals surface area contributed by atoms with E-state index in [4.69, 9.17) is 0 Å². The van der Waals surface area contributed by atoms with Crippen molar-refractivity contribution >= 4 is 15.5 Å². The first-order chi connectivity index (χ1) is 11.8. The van der Waals surface area contributed by atoms with E-state index in [0.717, 1.165) is 5.56 Å². The first-order valence-corrected chi connectivity index (χ1v) is 9.83. The van der Waals surface area contributed by atoms with Gasteiger partial charge in [0.15, 0.2) is 9.84 Å². The number of aromatic nitrogens is 2. The van der Waals surface area contributed by atoms with Crippen molar-refractivity contribution in [2.45, 2.75) is 25.6 Å². The summed E-state index contributed by atoms with van der Waals surface area (Å²) in [7, 11) is -3.31. The average molecular weight is 367 g/mol. The minimum absolute atomic E-state index is 0.167. The standard InChI is InChI=1S/C16H21N3O5S/c1-11-2-3-15-17-12(6-16(22)19(15)7-11)8-18(4-5-20)13-9-25(23,24)10-14(13)21/h2-3,6-7,13-14,20-21H,4-5,8-10H2,1H3/t13-,14-/m1/s1. The van der Waals surface area contributed by atoms with E-state index in [1.165, 1.54) is 10.5 Å². The second kappa shape index (κ2) is 6.83. The van der Waals surface area contributed by atoms with E-state index in [9.17, 15) is 23.4 Å². The Balaban J connectivity index is 1.91. The highest BCUT2D eigenvalue weighted by molar-refractivity contribution is 7.91. The van der Waals surface area contributed by atoms with Crippen molar-refractivity contribution in [3.8, 4) is 0 Å². The molecule has 1 fully saturated rings. The fourth-order valence-electron chi connectivity index (χ4n) is 3.20. The Morgan fingerprint density at radius 1 is 1.36 bits per heavy atom. The highest BCUT2D eigenvalue weighted by Gasteiger charge is 2.39. The van der Waals surface area contributed by atoms with Crippen molar-refractivity contribution in [1.82, 2.24) is 14.3 Å². The number of hydrogen-bond acceptors (Lipinski definition) is 7. The zero-order valence-electron chi connectivity index (χ0n) is 13.9. The van der Waals surface area contributed by atoms with Crippen molar-refractivity contribution in [2.24, 2.45) is 0 Å². The Bertz CT molecular complexity index is 940. The molecule has 2 aromatic heterocycles. The van der Waals surface area contributed by atoms with Crippen LogP contribution in [0.15, 0.2) is 29.2 Å². The maximum Gasteiger partial charge on any atom is 0.258 e. The van der Waals surface area contributed by atoms with E-state index in [1.807, 2.05) is 13.0 Å². The summed E-state index contributed by atoms with van der Waals surface area (Å²) in [5, 5.41) is 19.4. The fraction of sp³-hybridized carbons (Fsp3) is 0.500. The van der Waals surface area contributed by atoms with Gasteiger partial charge in [0.05, 0.1) is 36.0 Å². The molecule has 8 nitrogen and oxygen atoms in total. The quantitative estimate of drug-likeness (QED) is 0.694. The molecule has 0 bridgehead atoms. The molecule has 2 atom stereocenters. The Kier molecular flexibility index (Phi) is 4.92. The number of hydrogen-bond donors (Lipinski definition) is 2. The van der Waals surface area contributed by atoms with E-state index in [1.54, 1.807) is 17.2 Å². The molecule has 0 amide bonds. The minimum Gasteiger partial charge on any atom is -0.395 e. The third kappa shape index (κ3) is 3.90. The van der Waals surface area contributed by atoms with Gasteiger partial charge in [-0.1, -0.05) is 6.07 Å². The van der Waals surface area contributed by atoms with Crippen LogP contribution in [-0.4, -0.2) is 69.7 Å². The lowest BCUT2D eigenvalue weighted by Crippen LogP contribution is -2.44. The topological polar surface area (TPSA) is 112 Å². The number of aliphatic hydroxyl groups is 2. The van der Waals surface area contributed by atoms with E-state index < -0.39 is 22.0 Å². The van der Waals surface area contributed by atoms with Gasteiger partial charge in [-0.2, -0.15) is 0 Å². The molecule has 0 spiro atoms. The SMILES string of the molecule is Cc1ccc2nc(CN(CCO)[C@@H]3CS(=O)(=O)C[C@H]3O)cc(=O)n2c1. The van der Waals surface area contributed by atoms with Crippen LogP contribution >= 0.6 is 0 Å². The molecule has 2 N–H and O–H groups in total. The molecular weight excluding hydrogens is 346 g/mol. The van der Waals surface area contributed by atoms with Gasteiger partial charge in [-0.25, -0.2) is 13.4 Å². The second-order valence-corrected chi connectivity index (χ2v) is 8.58. The van der Waals surface area contributed by atoms with Gasteiger partial charge in [0, 0.05) is 25.4 Å². The van der Waals surface area contributed by atoms with Crippen LogP contribution in [0.1, 0.15) is 11.3 Å². The number of fused-ring (bicyclic) bond motifs is 1. The normalized spacial score (nSPS) is 22.7. The highest BCUT2D eigenvalue weighted by Crippen LogP contribution is 2.20. The Hall–Kier alpha value is -1.81. The Morgan fingerprint density at radius 3 is 2.76 bits per heavy atom. The lowest BCUT2D eigenvalue weighted by Gasteiger charge is -2.29. The molecule has 0 aliphatic carbocycles. The molecule has 3 rings (SSSR count).